The molecule has 21 heavy (non-hydrogen) atoms. The van der Waals surface area contributed by atoms with E-state index in [4.69, 9.17) is 10.4 Å². The van der Waals surface area contributed by atoms with Gasteiger partial charge in [-0.3, -0.25) is 9.59 Å². The van der Waals surface area contributed by atoms with E-state index in [-0.39, 0.29) is 18.4 Å². The molecule has 1 saturated heterocycles. The summed E-state index contributed by atoms with van der Waals surface area (Å²) in [5.41, 5.74) is 13.2. The molecule has 2 N–H and O–H groups in total. The highest BCUT2D eigenvalue weighted by Crippen LogP contribution is 2.17. The maximum atomic E-state index is 11.7. The molecule has 1 aromatic rings. The van der Waals surface area contributed by atoms with E-state index in [0.29, 0.717) is 10.8 Å². The van der Waals surface area contributed by atoms with Crippen LogP contribution in [0.3, 0.4) is 0 Å². The number of hydrogen-bond donors (Lipinski definition) is 1. The van der Waals surface area contributed by atoms with Gasteiger partial charge in [0.2, 0.25) is 0 Å². The van der Waals surface area contributed by atoms with Gasteiger partial charge in [0.15, 0.2) is 0 Å². The Morgan fingerprint density at radius 1 is 1.24 bits per heavy atom. The van der Waals surface area contributed by atoms with Crippen molar-refractivity contribution in [3.63, 3.8) is 0 Å². The van der Waals surface area contributed by atoms with Crippen LogP contribution in [0.15, 0.2) is 29.4 Å². The fraction of sp³-hybridized carbons (Fsp3) is 0.250. The highest BCUT2D eigenvalue weighted by Gasteiger charge is 2.33. The molecule has 9 nitrogen and oxygen atoms in total. The highest BCUT2D eigenvalue weighted by atomic mass is 16.7. The van der Waals surface area contributed by atoms with E-state index >= 15 is 0 Å². The molecule has 0 bridgehead atoms. The molecule has 2 rings (SSSR count). The molecule has 0 saturated carbocycles. The normalized spacial score (nSPS) is 13.1. The summed E-state index contributed by atoms with van der Waals surface area (Å²) in [4.78, 5) is 41.5. The van der Waals surface area contributed by atoms with Gasteiger partial charge in [-0.2, -0.15) is 0 Å². The summed E-state index contributed by atoms with van der Waals surface area (Å²) in [5, 5.41) is 3.82. The first-order valence-corrected chi connectivity index (χ1v) is 5.93. The number of hydrogen-bond acceptors (Lipinski definition) is 6. The lowest BCUT2D eigenvalue weighted by atomic mass is 10.2. The van der Waals surface area contributed by atoms with E-state index in [9.17, 15) is 14.4 Å². The van der Waals surface area contributed by atoms with Gasteiger partial charge in [-0.05, 0) is 24.7 Å². The SMILES string of the molecule is CN.[N-]=[N+]=Nc1ccc(C(=O)ON2C(=O)CCC2=O)cc1. The number of amides is 2. The van der Waals surface area contributed by atoms with Gasteiger partial charge in [-0.15, -0.1) is 5.06 Å². The minimum absolute atomic E-state index is 0.0436. The third kappa shape index (κ3) is 4.03. The van der Waals surface area contributed by atoms with Gasteiger partial charge in [-0.1, -0.05) is 17.2 Å². The molecule has 1 aliphatic heterocycles. The van der Waals surface area contributed by atoms with Crippen LogP contribution in [0.1, 0.15) is 23.2 Å². The molecular formula is C12H13N5O4. The van der Waals surface area contributed by atoms with Crippen molar-refractivity contribution in [3.8, 4) is 0 Å². The summed E-state index contributed by atoms with van der Waals surface area (Å²) in [6, 6.07) is 5.59. The van der Waals surface area contributed by atoms with Crippen LogP contribution >= 0.6 is 0 Å². The van der Waals surface area contributed by atoms with Crippen molar-refractivity contribution in [2.45, 2.75) is 12.8 Å². The van der Waals surface area contributed by atoms with Crippen LogP contribution < -0.4 is 5.73 Å². The van der Waals surface area contributed by atoms with Crippen molar-refractivity contribution in [3.05, 3.63) is 40.3 Å². The van der Waals surface area contributed by atoms with E-state index < -0.39 is 17.8 Å². The monoisotopic (exact) mass is 291 g/mol. The second kappa shape index (κ2) is 7.63. The first-order chi connectivity index (χ1) is 10.1. The van der Waals surface area contributed by atoms with Crippen LogP contribution in [-0.2, 0) is 14.4 Å². The Morgan fingerprint density at radius 3 is 2.24 bits per heavy atom. The third-order valence-corrected chi connectivity index (χ3v) is 2.44. The fourth-order valence-corrected chi connectivity index (χ4v) is 1.51. The molecule has 0 unspecified atom stereocenters. The summed E-state index contributed by atoms with van der Waals surface area (Å²) in [6.07, 6.45) is 0.0872. The van der Waals surface area contributed by atoms with Gasteiger partial charge < -0.3 is 10.6 Å². The second-order valence-corrected chi connectivity index (χ2v) is 3.70. The number of imide groups is 1. The van der Waals surface area contributed by atoms with Gasteiger partial charge in [-0.25, -0.2) is 4.79 Å². The maximum absolute atomic E-state index is 11.7. The van der Waals surface area contributed by atoms with Crippen molar-refractivity contribution < 1.29 is 19.2 Å². The Bertz CT molecular complexity index is 576. The Morgan fingerprint density at radius 2 is 1.76 bits per heavy atom. The third-order valence-electron chi connectivity index (χ3n) is 2.44. The van der Waals surface area contributed by atoms with Gasteiger partial charge in [0, 0.05) is 23.4 Å². The van der Waals surface area contributed by atoms with Gasteiger partial charge in [0.05, 0.1) is 5.56 Å². The zero-order valence-electron chi connectivity index (χ0n) is 11.2. The summed E-state index contributed by atoms with van der Waals surface area (Å²) >= 11 is 0. The molecule has 1 heterocycles. The molecule has 0 aromatic heterocycles. The molecule has 2 amide bonds. The quantitative estimate of drug-likeness (QED) is 0.388. The molecule has 1 aliphatic rings. The molecule has 1 aromatic carbocycles. The van der Waals surface area contributed by atoms with E-state index in [0.717, 1.165) is 0 Å². The molecule has 0 atom stereocenters. The average molecular weight is 291 g/mol. The number of hydroxylamine groups is 2. The van der Waals surface area contributed by atoms with Crippen molar-refractivity contribution in [2.24, 2.45) is 10.8 Å². The van der Waals surface area contributed by atoms with Crippen molar-refractivity contribution >= 4 is 23.5 Å². The zero-order valence-corrected chi connectivity index (χ0v) is 11.2. The van der Waals surface area contributed by atoms with E-state index in [2.05, 4.69) is 15.8 Å². The number of nitrogens with zero attached hydrogens (tertiary/aromatic N) is 4. The molecule has 0 radical (unpaired) electrons. The van der Waals surface area contributed by atoms with E-state index in [1.54, 1.807) is 0 Å². The topological polar surface area (TPSA) is 138 Å². The average Bonchev–Trinajstić information content (AvgIpc) is 2.82. The van der Waals surface area contributed by atoms with Gasteiger partial charge in [0.1, 0.15) is 0 Å². The van der Waals surface area contributed by atoms with Crippen LogP contribution in [0, 0.1) is 0 Å². The standard InChI is InChI=1S/C11H8N4O4.CH5N/c12-14-13-8-3-1-7(2-4-8)11(18)19-15-9(16)5-6-10(15)17;1-2/h1-4H,5-6H2;2H2,1H3. The molecular weight excluding hydrogens is 278 g/mol. The zero-order chi connectivity index (χ0) is 15.8. The molecule has 9 heteroatoms. The Hall–Kier alpha value is -2.90. The smallest absolute Gasteiger partial charge is 0.333 e. The summed E-state index contributed by atoms with van der Waals surface area (Å²) in [6.45, 7) is 0. The van der Waals surface area contributed by atoms with Crippen LogP contribution in [0.2, 0.25) is 0 Å². The molecule has 1 fully saturated rings. The van der Waals surface area contributed by atoms with E-state index in [1.807, 2.05) is 0 Å². The van der Waals surface area contributed by atoms with Crippen LogP contribution in [0.4, 0.5) is 5.69 Å². The predicted octanol–water partition coefficient (Wildman–Crippen LogP) is 1.42. The van der Waals surface area contributed by atoms with Crippen molar-refractivity contribution in [1.29, 1.82) is 0 Å². The number of carbonyl (C=O) groups excluding carboxylic acids is 3. The predicted molar refractivity (Wildman–Crippen MR) is 71.9 cm³/mol. The molecule has 110 valence electrons. The fourth-order valence-electron chi connectivity index (χ4n) is 1.51. The Balaban J connectivity index is 0.00000106. The number of carbonyl (C=O) groups is 3. The van der Waals surface area contributed by atoms with Crippen LogP contribution in [0.25, 0.3) is 10.4 Å². The van der Waals surface area contributed by atoms with Gasteiger partial charge >= 0.3 is 5.97 Å². The lowest BCUT2D eigenvalue weighted by molar-refractivity contribution is -0.172. The maximum Gasteiger partial charge on any atom is 0.363 e. The molecule has 0 aliphatic carbocycles. The van der Waals surface area contributed by atoms with E-state index in [1.165, 1.54) is 31.3 Å². The van der Waals surface area contributed by atoms with Crippen molar-refractivity contribution in [1.82, 2.24) is 5.06 Å². The summed E-state index contributed by atoms with van der Waals surface area (Å²) in [5.74, 6) is -1.90. The number of benzene rings is 1. The summed E-state index contributed by atoms with van der Waals surface area (Å²) in [7, 11) is 1.50. The first kappa shape index (κ1) is 16.2. The van der Waals surface area contributed by atoms with Crippen molar-refractivity contribution in [2.75, 3.05) is 7.05 Å². The minimum Gasteiger partial charge on any atom is -0.333 e. The highest BCUT2D eigenvalue weighted by molar-refractivity contribution is 6.02. The molecule has 0 spiro atoms. The Kier molecular flexibility index (Phi) is 5.87. The Labute approximate surface area is 119 Å². The lowest BCUT2D eigenvalue weighted by Gasteiger charge is -2.12. The first-order valence-electron chi connectivity index (χ1n) is 5.93. The largest absolute Gasteiger partial charge is 0.363 e. The minimum atomic E-state index is -0.823. The number of azide groups is 1. The van der Waals surface area contributed by atoms with Crippen LogP contribution in [-0.4, -0.2) is 29.9 Å². The second-order valence-electron chi connectivity index (χ2n) is 3.70. The lowest BCUT2D eigenvalue weighted by Crippen LogP contribution is -2.32. The summed E-state index contributed by atoms with van der Waals surface area (Å²) < 4.78 is 0. The van der Waals surface area contributed by atoms with Crippen LogP contribution in [0.5, 0.6) is 0 Å². The number of nitrogens with two attached hydrogens (primary N) is 1. The van der Waals surface area contributed by atoms with Gasteiger partial charge in [0.25, 0.3) is 11.8 Å². The number of rotatable bonds is 3.